The first-order valence-corrected chi connectivity index (χ1v) is 9.33. The number of ether oxygens (including phenoxy) is 1. The van der Waals surface area contributed by atoms with Crippen LogP contribution in [0.3, 0.4) is 0 Å². The normalized spacial score (nSPS) is 10.3. The highest BCUT2D eigenvalue weighted by atomic mass is 35.5. The summed E-state index contributed by atoms with van der Waals surface area (Å²) >= 11 is 5.85. The molecule has 3 aromatic rings. The molecule has 0 aromatic heterocycles. The van der Waals surface area contributed by atoms with Crippen LogP contribution in [-0.4, -0.2) is 24.8 Å². The Morgan fingerprint density at radius 1 is 0.821 bits per heavy atom. The first kappa shape index (κ1) is 19.6. The third-order valence-electron chi connectivity index (χ3n) is 4.17. The van der Waals surface area contributed by atoms with E-state index >= 15 is 0 Å². The second-order valence-corrected chi connectivity index (χ2v) is 6.67. The van der Waals surface area contributed by atoms with Gasteiger partial charge in [0.2, 0.25) is 0 Å². The summed E-state index contributed by atoms with van der Waals surface area (Å²) in [6.07, 6.45) is 0.721. The summed E-state index contributed by atoms with van der Waals surface area (Å²) in [4.78, 5) is 24.3. The van der Waals surface area contributed by atoms with Gasteiger partial charge in [-0.15, -0.1) is 0 Å². The molecular weight excluding hydrogens is 374 g/mol. The minimum absolute atomic E-state index is 0.0490. The first-order chi connectivity index (χ1) is 13.6. The molecule has 0 spiro atoms. The lowest BCUT2D eigenvalue weighted by molar-refractivity contribution is -0.123. The highest BCUT2D eigenvalue weighted by Gasteiger charge is 2.09. The summed E-state index contributed by atoms with van der Waals surface area (Å²) in [5.41, 5.74) is 2.31. The van der Waals surface area contributed by atoms with Gasteiger partial charge < -0.3 is 10.1 Å². The van der Waals surface area contributed by atoms with E-state index in [2.05, 4.69) is 5.32 Å². The van der Waals surface area contributed by atoms with Crippen molar-refractivity contribution >= 4 is 23.3 Å². The predicted octanol–water partition coefficient (Wildman–Crippen LogP) is 4.31. The van der Waals surface area contributed by atoms with E-state index in [4.69, 9.17) is 16.3 Å². The van der Waals surface area contributed by atoms with Crippen LogP contribution in [-0.2, 0) is 11.2 Å². The molecule has 0 fully saturated rings. The summed E-state index contributed by atoms with van der Waals surface area (Å²) in [6.45, 7) is 0.445. The Morgan fingerprint density at radius 2 is 1.46 bits per heavy atom. The molecule has 3 aromatic carbocycles. The van der Waals surface area contributed by atoms with Crippen LogP contribution in [0, 0.1) is 0 Å². The summed E-state index contributed by atoms with van der Waals surface area (Å²) < 4.78 is 5.49. The van der Waals surface area contributed by atoms with Crippen molar-refractivity contribution in [2.45, 2.75) is 6.42 Å². The molecule has 0 saturated carbocycles. The number of halogens is 1. The number of hydrogen-bond acceptors (Lipinski definition) is 3. The molecule has 0 aliphatic carbocycles. The minimum atomic E-state index is -0.196. The number of amides is 1. The Labute approximate surface area is 169 Å². The van der Waals surface area contributed by atoms with Crippen molar-refractivity contribution in [1.29, 1.82) is 0 Å². The topological polar surface area (TPSA) is 55.4 Å². The fourth-order valence-electron chi connectivity index (χ4n) is 2.66. The molecule has 0 bridgehead atoms. The maximum atomic E-state index is 12.4. The molecule has 0 aliphatic rings. The number of rotatable bonds is 8. The van der Waals surface area contributed by atoms with E-state index in [1.807, 2.05) is 42.5 Å². The second kappa shape index (κ2) is 9.72. The molecule has 5 heteroatoms. The van der Waals surface area contributed by atoms with Crippen molar-refractivity contribution in [3.63, 3.8) is 0 Å². The number of benzene rings is 3. The average molecular weight is 394 g/mol. The summed E-state index contributed by atoms with van der Waals surface area (Å²) in [5.74, 6) is 0.294. The van der Waals surface area contributed by atoms with E-state index in [0.29, 0.717) is 28.4 Å². The molecule has 0 unspecified atom stereocenters. The fraction of sp³-hybridized carbons (Fsp3) is 0.130. The Hall–Kier alpha value is -3.11. The maximum absolute atomic E-state index is 12.4. The zero-order chi connectivity index (χ0) is 19.8. The molecule has 0 saturated heterocycles. The lowest BCUT2D eigenvalue weighted by atomic mass is 10.0. The monoisotopic (exact) mass is 393 g/mol. The minimum Gasteiger partial charge on any atom is -0.484 e. The SMILES string of the molecule is O=C(COc1ccc(C(=O)c2ccccc2)cc1)NCCc1ccc(Cl)cc1. The van der Waals surface area contributed by atoms with Gasteiger partial charge in [-0.1, -0.05) is 54.1 Å². The van der Waals surface area contributed by atoms with E-state index in [1.165, 1.54) is 0 Å². The quantitative estimate of drug-likeness (QED) is 0.580. The van der Waals surface area contributed by atoms with Crippen LogP contribution in [0.1, 0.15) is 21.5 Å². The van der Waals surface area contributed by atoms with E-state index in [9.17, 15) is 9.59 Å². The number of carbonyl (C=O) groups is 2. The fourth-order valence-corrected chi connectivity index (χ4v) is 2.78. The van der Waals surface area contributed by atoms with Gasteiger partial charge in [-0.2, -0.15) is 0 Å². The summed E-state index contributed by atoms with van der Waals surface area (Å²) in [5, 5.41) is 3.51. The maximum Gasteiger partial charge on any atom is 0.257 e. The van der Waals surface area contributed by atoms with E-state index in [-0.39, 0.29) is 18.3 Å². The second-order valence-electron chi connectivity index (χ2n) is 6.23. The Balaban J connectivity index is 1.43. The standard InChI is InChI=1S/C23H20ClNO3/c24-20-10-6-17(7-11-20)14-15-25-22(26)16-28-21-12-8-19(9-13-21)23(27)18-4-2-1-3-5-18/h1-13H,14-16H2,(H,25,26). The molecule has 0 aliphatic heterocycles. The predicted molar refractivity (Wildman–Crippen MR) is 110 cm³/mol. The van der Waals surface area contributed by atoms with Gasteiger partial charge in [0.15, 0.2) is 12.4 Å². The van der Waals surface area contributed by atoms with Gasteiger partial charge in [-0.3, -0.25) is 9.59 Å². The average Bonchev–Trinajstić information content (AvgIpc) is 2.74. The molecule has 4 nitrogen and oxygen atoms in total. The van der Waals surface area contributed by atoms with Gasteiger partial charge in [-0.05, 0) is 48.4 Å². The van der Waals surface area contributed by atoms with Crippen LogP contribution in [0.2, 0.25) is 5.02 Å². The third-order valence-corrected chi connectivity index (χ3v) is 4.42. The summed E-state index contributed by atoms with van der Waals surface area (Å²) in [6, 6.07) is 23.4. The molecule has 0 atom stereocenters. The summed E-state index contributed by atoms with van der Waals surface area (Å²) in [7, 11) is 0. The van der Waals surface area contributed by atoms with Crippen LogP contribution in [0.4, 0.5) is 0 Å². The number of ketones is 1. The molecule has 1 amide bonds. The van der Waals surface area contributed by atoms with Gasteiger partial charge in [0, 0.05) is 22.7 Å². The first-order valence-electron chi connectivity index (χ1n) is 8.95. The van der Waals surface area contributed by atoms with Crippen LogP contribution >= 0.6 is 11.6 Å². The number of nitrogens with one attached hydrogen (secondary N) is 1. The molecular formula is C23H20ClNO3. The van der Waals surface area contributed by atoms with Crippen molar-refractivity contribution in [3.05, 3.63) is 101 Å². The van der Waals surface area contributed by atoms with Gasteiger partial charge in [-0.25, -0.2) is 0 Å². The highest BCUT2D eigenvalue weighted by molar-refractivity contribution is 6.30. The third kappa shape index (κ3) is 5.69. The zero-order valence-corrected chi connectivity index (χ0v) is 16.0. The van der Waals surface area contributed by atoms with E-state index < -0.39 is 0 Å². The van der Waals surface area contributed by atoms with Gasteiger partial charge in [0.25, 0.3) is 5.91 Å². The van der Waals surface area contributed by atoms with E-state index in [0.717, 1.165) is 12.0 Å². The van der Waals surface area contributed by atoms with Gasteiger partial charge in [0.05, 0.1) is 0 Å². The highest BCUT2D eigenvalue weighted by Crippen LogP contribution is 2.15. The largest absolute Gasteiger partial charge is 0.484 e. The van der Waals surface area contributed by atoms with Crippen LogP contribution < -0.4 is 10.1 Å². The van der Waals surface area contributed by atoms with E-state index in [1.54, 1.807) is 36.4 Å². The molecule has 3 rings (SSSR count). The lowest BCUT2D eigenvalue weighted by Gasteiger charge is -2.08. The van der Waals surface area contributed by atoms with Crippen molar-refractivity contribution in [2.75, 3.05) is 13.2 Å². The number of carbonyl (C=O) groups excluding carboxylic acids is 2. The zero-order valence-electron chi connectivity index (χ0n) is 15.2. The van der Waals surface area contributed by atoms with Gasteiger partial charge in [0.1, 0.15) is 5.75 Å². The van der Waals surface area contributed by atoms with Crippen LogP contribution in [0.5, 0.6) is 5.75 Å². The van der Waals surface area contributed by atoms with Crippen molar-refractivity contribution in [1.82, 2.24) is 5.32 Å². The van der Waals surface area contributed by atoms with Crippen molar-refractivity contribution in [3.8, 4) is 5.75 Å². The smallest absolute Gasteiger partial charge is 0.257 e. The van der Waals surface area contributed by atoms with Crippen LogP contribution in [0.15, 0.2) is 78.9 Å². The number of hydrogen-bond donors (Lipinski definition) is 1. The van der Waals surface area contributed by atoms with Gasteiger partial charge >= 0.3 is 0 Å². The Kier molecular flexibility index (Phi) is 6.82. The molecule has 28 heavy (non-hydrogen) atoms. The molecule has 1 N–H and O–H groups in total. The van der Waals surface area contributed by atoms with Crippen LogP contribution in [0.25, 0.3) is 0 Å². The Morgan fingerprint density at radius 3 is 2.14 bits per heavy atom. The Bertz CT molecular complexity index is 922. The molecule has 0 radical (unpaired) electrons. The lowest BCUT2D eigenvalue weighted by Crippen LogP contribution is -2.30. The van der Waals surface area contributed by atoms with Crippen molar-refractivity contribution in [2.24, 2.45) is 0 Å². The van der Waals surface area contributed by atoms with Crippen molar-refractivity contribution < 1.29 is 14.3 Å². The molecule has 0 heterocycles. The molecule has 142 valence electrons.